The van der Waals surface area contributed by atoms with Gasteiger partial charge in [-0.3, -0.25) is 4.79 Å². The number of rotatable bonds is 1. The summed E-state index contributed by atoms with van der Waals surface area (Å²) in [4.78, 5) is 17.8. The molecule has 2 aromatic rings. The minimum absolute atomic E-state index is 0.0904. The van der Waals surface area contributed by atoms with Gasteiger partial charge in [0.25, 0.3) is 5.91 Å². The minimum Gasteiger partial charge on any atom is -0.494 e. The first-order chi connectivity index (χ1) is 10.7. The molecule has 5 heteroatoms. The summed E-state index contributed by atoms with van der Waals surface area (Å²) in [6.07, 6.45) is 2.27. The number of aromatic amines is 1. The molecule has 1 aromatic carbocycles. The highest BCUT2D eigenvalue weighted by molar-refractivity contribution is 5.92. The van der Waals surface area contributed by atoms with Crippen LogP contribution in [-0.4, -0.2) is 35.5 Å². The topological polar surface area (TPSA) is 54.6 Å². The molecule has 0 saturated carbocycles. The van der Waals surface area contributed by atoms with Crippen LogP contribution in [0, 0.1) is 6.92 Å². The van der Waals surface area contributed by atoms with Gasteiger partial charge in [0.15, 0.2) is 0 Å². The Labute approximate surface area is 128 Å². The van der Waals surface area contributed by atoms with Gasteiger partial charge in [0, 0.05) is 41.7 Å². The van der Waals surface area contributed by atoms with Crippen molar-refractivity contribution in [1.29, 1.82) is 0 Å². The Morgan fingerprint density at radius 1 is 1.32 bits per heavy atom. The first-order valence-electron chi connectivity index (χ1n) is 7.56. The average Bonchev–Trinajstić information content (AvgIpc) is 2.92. The van der Waals surface area contributed by atoms with Crippen LogP contribution >= 0.6 is 0 Å². The zero-order valence-electron chi connectivity index (χ0n) is 12.5. The van der Waals surface area contributed by atoms with Crippen molar-refractivity contribution in [2.75, 3.05) is 19.8 Å². The molecule has 22 heavy (non-hydrogen) atoms. The molecule has 0 aliphatic carbocycles. The maximum atomic E-state index is 12.5. The van der Waals surface area contributed by atoms with E-state index >= 15 is 0 Å². The summed E-state index contributed by atoms with van der Waals surface area (Å²) in [5.74, 6) is 0.220. The van der Waals surface area contributed by atoms with Crippen molar-refractivity contribution >= 4 is 16.8 Å². The van der Waals surface area contributed by atoms with E-state index in [-0.39, 0.29) is 5.91 Å². The Morgan fingerprint density at radius 2 is 2.23 bits per heavy atom. The Kier molecular flexibility index (Phi) is 3.06. The van der Waals surface area contributed by atoms with E-state index in [1.807, 2.05) is 4.90 Å². The van der Waals surface area contributed by atoms with Gasteiger partial charge in [-0.25, -0.2) is 0 Å². The van der Waals surface area contributed by atoms with E-state index < -0.39 is 0 Å². The quantitative estimate of drug-likeness (QED) is 0.878. The van der Waals surface area contributed by atoms with E-state index in [0.29, 0.717) is 32.1 Å². The Morgan fingerprint density at radius 3 is 3.05 bits per heavy atom. The summed E-state index contributed by atoms with van der Waals surface area (Å²) in [5, 5.41) is 1.21. The number of H-pyrrole nitrogens is 1. The summed E-state index contributed by atoms with van der Waals surface area (Å²) in [5.41, 5.74) is 4.82. The van der Waals surface area contributed by atoms with Gasteiger partial charge in [-0.05, 0) is 19.1 Å². The van der Waals surface area contributed by atoms with Crippen LogP contribution in [0.4, 0.5) is 0 Å². The number of aromatic nitrogens is 1. The monoisotopic (exact) mass is 298 g/mol. The van der Waals surface area contributed by atoms with Crippen molar-refractivity contribution in [1.82, 2.24) is 9.88 Å². The predicted molar refractivity (Wildman–Crippen MR) is 82.1 cm³/mol. The van der Waals surface area contributed by atoms with Gasteiger partial charge < -0.3 is 19.4 Å². The largest absolute Gasteiger partial charge is 0.494 e. The van der Waals surface area contributed by atoms with E-state index in [2.05, 4.69) is 30.1 Å². The molecule has 1 amide bonds. The molecule has 1 N–H and O–H groups in total. The minimum atomic E-state index is -0.0904. The molecule has 0 spiro atoms. The fourth-order valence-electron chi connectivity index (χ4n) is 3.14. The zero-order chi connectivity index (χ0) is 15.1. The van der Waals surface area contributed by atoms with Crippen molar-refractivity contribution in [3.05, 3.63) is 47.0 Å². The Balaban J connectivity index is 1.65. The summed E-state index contributed by atoms with van der Waals surface area (Å²) in [6, 6.07) is 6.39. The summed E-state index contributed by atoms with van der Waals surface area (Å²) >= 11 is 0. The van der Waals surface area contributed by atoms with Crippen molar-refractivity contribution < 1.29 is 14.3 Å². The third kappa shape index (κ3) is 2.13. The van der Waals surface area contributed by atoms with E-state index in [1.165, 1.54) is 28.5 Å². The second-order valence-corrected chi connectivity index (χ2v) is 5.81. The van der Waals surface area contributed by atoms with Gasteiger partial charge in [0.05, 0.1) is 0 Å². The van der Waals surface area contributed by atoms with Crippen LogP contribution in [-0.2, 0) is 27.2 Å². The van der Waals surface area contributed by atoms with Crippen molar-refractivity contribution in [3.8, 4) is 0 Å². The SMILES string of the molecule is Cc1ccc2[nH]c3c(c2c1)CN(C(=O)C1=COCCO1)CC3. The molecule has 0 bridgehead atoms. The molecule has 0 atom stereocenters. The first kappa shape index (κ1) is 13.2. The number of nitrogens with one attached hydrogen (secondary N) is 1. The van der Waals surface area contributed by atoms with Crippen LogP contribution < -0.4 is 0 Å². The summed E-state index contributed by atoms with van der Waals surface area (Å²) in [7, 11) is 0. The molecule has 5 nitrogen and oxygen atoms in total. The lowest BCUT2D eigenvalue weighted by molar-refractivity contribution is -0.133. The highest BCUT2D eigenvalue weighted by Crippen LogP contribution is 2.29. The molecule has 2 aliphatic heterocycles. The molecule has 1 aromatic heterocycles. The highest BCUT2D eigenvalue weighted by atomic mass is 16.6. The van der Waals surface area contributed by atoms with Crippen molar-refractivity contribution in [3.63, 3.8) is 0 Å². The normalized spacial score (nSPS) is 17.5. The molecule has 4 rings (SSSR count). The highest BCUT2D eigenvalue weighted by Gasteiger charge is 2.27. The van der Waals surface area contributed by atoms with Gasteiger partial charge in [0.1, 0.15) is 19.5 Å². The fraction of sp³-hybridized carbons (Fsp3) is 0.353. The second-order valence-electron chi connectivity index (χ2n) is 5.81. The van der Waals surface area contributed by atoms with Gasteiger partial charge in [-0.2, -0.15) is 0 Å². The fourth-order valence-corrected chi connectivity index (χ4v) is 3.14. The standard InChI is InChI=1S/C17H18N2O3/c1-11-2-3-14-12(8-11)13-9-19(5-4-15(13)18-14)17(20)16-10-21-6-7-22-16/h2-3,8,10,18H,4-7,9H2,1H3. The molecule has 0 radical (unpaired) electrons. The van der Waals surface area contributed by atoms with Crippen LogP contribution in [0.15, 0.2) is 30.2 Å². The maximum Gasteiger partial charge on any atom is 0.292 e. The molecule has 2 aliphatic rings. The molecule has 3 heterocycles. The van der Waals surface area contributed by atoms with Crippen LogP contribution in [0.25, 0.3) is 10.9 Å². The number of amides is 1. The predicted octanol–water partition coefficient (Wildman–Crippen LogP) is 2.25. The smallest absolute Gasteiger partial charge is 0.292 e. The number of carbonyl (C=O) groups excluding carboxylic acids is 1. The molecule has 0 saturated heterocycles. The van der Waals surface area contributed by atoms with Crippen LogP contribution in [0.5, 0.6) is 0 Å². The lowest BCUT2D eigenvalue weighted by atomic mass is 10.0. The average molecular weight is 298 g/mol. The number of carbonyl (C=O) groups is 1. The number of ether oxygens (including phenoxy) is 2. The maximum absolute atomic E-state index is 12.5. The third-order valence-electron chi connectivity index (χ3n) is 4.28. The van der Waals surface area contributed by atoms with Crippen LogP contribution in [0.2, 0.25) is 0 Å². The third-order valence-corrected chi connectivity index (χ3v) is 4.28. The van der Waals surface area contributed by atoms with Crippen molar-refractivity contribution in [2.45, 2.75) is 19.9 Å². The Bertz CT molecular complexity index is 776. The summed E-state index contributed by atoms with van der Waals surface area (Å²) in [6.45, 7) is 4.32. The zero-order valence-corrected chi connectivity index (χ0v) is 12.5. The first-order valence-corrected chi connectivity index (χ1v) is 7.56. The Hall–Kier alpha value is -2.43. The van der Waals surface area contributed by atoms with Crippen molar-refractivity contribution in [2.24, 2.45) is 0 Å². The molecular formula is C17H18N2O3. The van der Waals surface area contributed by atoms with Gasteiger partial charge in [-0.15, -0.1) is 0 Å². The molecular weight excluding hydrogens is 280 g/mol. The molecule has 0 fully saturated rings. The van der Waals surface area contributed by atoms with E-state index in [4.69, 9.17) is 9.47 Å². The second kappa shape index (κ2) is 5.09. The van der Waals surface area contributed by atoms with Gasteiger partial charge in [0.2, 0.25) is 5.76 Å². The number of nitrogens with zero attached hydrogens (tertiary/aromatic N) is 1. The number of hydrogen-bond acceptors (Lipinski definition) is 3. The number of hydrogen-bond donors (Lipinski definition) is 1. The van der Waals surface area contributed by atoms with Gasteiger partial charge >= 0.3 is 0 Å². The lowest BCUT2D eigenvalue weighted by Gasteiger charge is -2.28. The summed E-state index contributed by atoms with van der Waals surface area (Å²) < 4.78 is 10.6. The van der Waals surface area contributed by atoms with E-state index in [0.717, 1.165) is 11.9 Å². The van der Waals surface area contributed by atoms with E-state index in [1.54, 1.807) is 0 Å². The number of benzene rings is 1. The molecule has 0 unspecified atom stereocenters. The number of aryl methyl sites for hydroxylation is 1. The lowest BCUT2D eigenvalue weighted by Crippen LogP contribution is -2.38. The van der Waals surface area contributed by atoms with Crippen LogP contribution in [0.3, 0.4) is 0 Å². The number of fused-ring (bicyclic) bond motifs is 3. The van der Waals surface area contributed by atoms with E-state index in [9.17, 15) is 4.79 Å². The van der Waals surface area contributed by atoms with Gasteiger partial charge in [-0.1, -0.05) is 11.6 Å². The van der Waals surface area contributed by atoms with Crippen LogP contribution in [0.1, 0.15) is 16.8 Å². The molecule has 114 valence electrons.